The molecule has 2 aliphatic carbocycles. The summed E-state index contributed by atoms with van der Waals surface area (Å²) in [5, 5.41) is 22.1. The second-order valence-electron chi connectivity index (χ2n) is 5.68. The molecule has 2 aliphatic rings. The van der Waals surface area contributed by atoms with Crippen molar-refractivity contribution in [2.45, 2.75) is 50.7 Å². The molecule has 0 saturated heterocycles. The maximum atomic E-state index is 9.75. The molecule has 4 heteroatoms. The van der Waals surface area contributed by atoms with Crippen LogP contribution in [0.4, 0.5) is 0 Å². The van der Waals surface area contributed by atoms with Gasteiger partial charge in [0.25, 0.3) is 0 Å². The highest BCUT2D eigenvalue weighted by atomic mass is 16.5. The molecule has 100 valence electrons. The first-order valence-corrected chi connectivity index (χ1v) is 6.85. The van der Waals surface area contributed by atoms with Crippen molar-refractivity contribution in [3.63, 3.8) is 0 Å². The Labute approximate surface area is 103 Å². The first-order valence-electron chi connectivity index (χ1n) is 6.85. The first kappa shape index (κ1) is 13.3. The Morgan fingerprint density at radius 3 is 2.59 bits per heavy atom. The van der Waals surface area contributed by atoms with Gasteiger partial charge in [0, 0.05) is 25.1 Å². The fraction of sp³-hybridized carbons (Fsp3) is 1.00. The standard InChI is InChI=1S/C13H25NO3/c15-10-13(5-6-13)9-14-7-11(16)8-17-12-3-1-2-4-12/h11-12,14-16H,1-10H2. The van der Waals surface area contributed by atoms with Crippen molar-refractivity contribution in [2.24, 2.45) is 5.41 Å². The second-order valence-corrected chi connectivity index (χ2v) is 5.68. The largest absolute Gasteiger partial charge is 0.396 e. The summed E-state index contributed by atoms with van der Waals surface area (Å²) in [6, 6.07) is 0. The van der Waals surface area contributed by atoms with E-state index < -0.39 is 6.10 Å². The summed E-state index contributed by atoms with van der Waals surface area (Å²) < 4.78 is 5.65. The Morgan fingerprint density at radius 2 is 2.00 bits per heavy atom. The summed E-state index contributed by atoms with van der Waals surface area (Å²) in [6.45, 7) is 2.07. The maximum Gasteiger partial charge on any atom is 0.0897 e. The third-order valence-corrected chi connectivity index (χ3v) is 4.00. The summed E-state index contributed by atoms with van der Waals surface area (Å²) in [6.07, 6.45) is 6.97. The van der Waals surface area contributed by atoms with Gasteiger partial charge in [-0.1, -0.05) is 12.8 Å². The number of aliphatic hydroxyl groups is 2. The van der Waals surface area contributed by atoms with Crippen LogP contribution < -0.4 is 5.32 Å². The Balaban J connectivity index is 1.50. The smallest absolute Gasteiger partial charge is 0.0897 e. The number of ether oxygens (including phenoxy) is 1. The van der Waals surface area contributed by atoms with Crippen molar-refractivity contribution in [3.05, 3.63) is 0 Å². The van der Waals surface area contributed by atoms with Gasteiger partial charge in [0.05, 0.1) is 18.8 Å². The quantitative estimate of drug-likeness (QED) is 0.586. The summed E-state index contributed by atoms with van der Waals surface area (Å²) in [5.74, 6) is 0. The van der Waals surface area contributed by atoms with Gasteiger partial charge in [-0.3, -0.25) is 0 Å². The van der Waals surface area contributed by atoms with Crippen molar-refractivity contribution in [2.75, 3.05) is 26.3 Å². The minimum Gasteiger partial charge on any atom is -0.396 e. The van der Waals surface area contributed by atoms with Gasteiger partial charge in [-0.2, -0.15) is 0 Å². The Kier molecular flexibility index (Phi) is 4.79. The number of hydrogen-bond acceptors (Lipinski definition) is 4. The van der Waals surface area contributed by atoms with Crippen LogP contribution in [0.1, 0.15) is 38.5 Å². The molecular formula is C13H25NO3. The van der Waals surface area contributed by atoms with Gasteiger partial charge in [-0.15, -0.1) is 0 Å². The fourth-order valence-electron chi connectivity index (χ4n) is 2.43. The second kappa shape index (κ2) is 6.14. The first-order chi connectivity index (χ1) is 8.24. The Hall–Kier alpha value is -0.160. The van der Waals surface area contributed by atoms with Gasteiger partial charge in [0.15, 0.2) is 0 Å². The zero-order valence-corrected chi connectivity index (χ0v) is 10.5. The predicted molar refractivity (Wildman–Crippen MR) is 65.8 cm³/mol. The van der Waals surface area contributed by atoms with E-state index >= 15 is 0 Å². The lowest BCUT2D eigenvalue weighted by atomic mass is 10.1. The Morgan fingerprint density at radius 1 is 1.29 bits per heavy atom. The van der Waals surface area contributed by atoms with E-state index in [2.05, 4.69) is 5.32 Å². The van der Waals surface area contributed by atoms with Gasteiger partial charge in [0.1, 0.15) is 0 Å². The van der Waals surface area contributed by atoms with E-state index in [1.54, 1.807) is 0 Å². The monoisotopic (exact) mass is 243 g/mol. The molecular weight excluding hydrogens is 218 g/mol. The lowest BCUT2D eigenvalue weighted by molar-refractivity contribution is -0.00592. The van der Waals surface area contributed by atoms with Crippen molar-refractivity contribution < 1.29 is 14.9 Å². The zero-order chi connectivity index (χ0) is 12.1. The third-order valence-electron chi connectivity index (χ3n) is 4.00. The SMILES string of the molecule is OCC1(CNCC(O)COC2CCCC2)CC1. The van der Waals surface area contributed by atoms with Gasteiger partial charge in [-0.25, -0.2) is 0 Å². The molecule has 1 atom stereocenters. The summed E-state index contributed by atoms with van der Waals surface area (Å²) in [4.78, 5) is 0. The molecule has 3 N–H and O–H groups in total. The molecule has 0 radical (unpaired) electrons. The highest BCUT2D eigenvalue weighted by Crippen LogP contribution is 2.44. The molecule has 17 heavy (non-hydrogen) atoms. The van der Waals surface area contributed by atoms with Crippen molar-refractivity contribution >= 4 is 0 Å². The lowest BCUT2D eigenvalue weighted by Gasteiger charge is -2.18. The van der Waals surface area contributed by atoms with Crippen molar-refractivity contribution in [1.29, 1.82) is 0 Å². The fourth-order valence-corrected chi connectivity index (χ4v) is 2.43. The van der Waals surface area contributed by atoms with Crippen molar-refractivity contribution in [3.8, 4) is 0 Å². The van der Waals surface area contributed by atoms with Crippen LogP contribution >= 0.6 is 0 Å². The van der Waals surface area contributed by atoms with E-state index in [-0.39, 0.29) is 12.0 Å². The van der Waals surface area contributed by atoms with Gasteiger partial charge in [-0.05, 0) is 25.7 Å². The number of rotatable bonds is 8. The van der Waals surface area contributed by atoms with E-state index in [0.29, 0.717) is 19.3 Å². The lowest BCUT2D eigenvalue weighted by Crippen LogP contribution is -2.35. The summed E-state index contributed by atoms with van der Waals surface area (Å²) in [5.41, 5.74) is 0.117. The molecule has 0 aliphatic heterocycles. The topological polar surface area (TPSA) is 61.7 Å². The molecule has 0 spiro atoms. The van der Waals surface area contributed by atoms with Crippen LogP contribution in [-0.2, 0) is 4.74 Å². The van der Waals surface area contributed by atoms with Gasteiger partial charge in [0.2, 0.25) is 0 Å². The van der Waals surface area contributed by atoms with E-state index in [0.717, 1.165) is 32.2 Å². The summed E-state index contributed by atoms with van der Waals surface area (Å²) in [7, 11) is 0. The molecule has 1 unspecified atom stereocenters. The van der Waals surface area contributed by atoms with E-state index in [4.69, 9.17) is 9.84 Å². The highest BCUT2D eigenvalue weighted by Gasteiger charge is 2.41. The zero-order valence-electron chi connectivity index (χ0n) is 10.5. The molecule has 2 rings (SSSR count). The van der Waals surface area contributed by atoms with E-state index in [9.17, 15) is 5.11 Å². The van der Waals surface area contributed by atoms with Crippen LogP contribution in [0.5, 0.6) is 0 Å². The predicted octanol–water partition coefficient (Wildman–Crippen LogP) is 0.669. The summed E-state index contributed by atoms with van der Waals surface area (Å²) >= 11 is 0. The minimum absolute atomic E-state index is 0.117. The molecule has 2 fully saturated rings. The molecule has 4 nitrogen and oxygen atoms in total. The van der Waals surface area contributed by atoms with Crippen LogP contribution in [0.2, 0.25) is 0 Å². The number of nitrogens with one attached hydrogen (secondary N) is 1. The van der Waals surface area contributed by atoms with Crippen LogP contribution in [0.3, 0.4) is 0 Å². The van der Waals surface area contributed by atoms with E-state index in [1.807, 2.05) is 0 Å². The molecule has 0 amide bonds. The average molecular weight is 243 g/mol. The number of aliphatic hydroxyl groups excluding tert-OH is 2. The highest BCUT2D eigenvalue weighted by molar-refractivity contribution is 4.94. The number of hydrogen-bond donors (Lipinski definition) is 3. The Bertz CT molecular complexity index is 225. The maximum absolute atomic E-state index is 9.75. The molecule has 0 aromatic heterocycles. The van der Waals surface area contributed by atoms with Crippen LogP contribution in [0.25, 0.3) is 0 Å². The van der Waals surface area contributed by atoms with Crippen molar-refractivity contribution in [1.82, 2.24) is 5.32 Å². The molecule has 0 bridgehead atoms. The normalized spacial score (nSPS) is 25.1. The van der Waals surface area contributed by atoms with Crippen LogP contribution in [0, 0.1) is 5.41 Å². The van der Waals surface area contributed by atoms with Gasteiger partial charge < -0.3 is 20.3 Å². The van der Waals surface area contributed by atoms with Crippen LogP contribution in [-0.4, -0.2) is 48.7 Å². The van der Waals surface area contributed by atoms with Crippen LogP contribution in [0.15, 0.2) is 0 Å². The molecule has 0 aromatic carbocycles. The third kappa shape index (κ3) is 4.21. The van der Waals surface area contributed by atoms with E-state index in [1.165, 1.54) is 12.8 Å². The average Bonchev–Trinajstić information content (AvgIpc) is 2.92. The van der Waals surface area contributed by atoms with Gasteiger partial charge >= 0.3 is 0 Å². The molecule has 2 saturated carbocycles. The minimum atomic E-state index is -0.426. The molecule has 0 heterocycles. The molecule has 0 aromatic rings.